The van der Waals surface area contributed by atoms with E-state index in [4.69, 9.17) is 38.3 Å². The molecule has 16 nitrogen and oxygen atoms in total. The number of aliphatic carboxylic acids is 1. The topological polar surface area (TPSA) is 221 Å². The van der Waals surface area contributed by atoms with Crippen LogP contribution in [0.5, 0.6) is 0 Å². The van der Waals surface area contributed by atoms with Gasteiger partial charge in [0.1, 0.15) is 0 Å². The van der Waals surface area contributed by atoms with Crippen molar-refractivity contribution in [2.45, 2.75) is 225 Å². The molecule has 0 aliphatic carbocycles. The van der Waals surface area contributed by atoms with Crippen LogP contribution < -0.4 is 0 Å². The maximum absolute atomic E-state index is 13.8. The van der Waals surface area contributed by atoms with Crippen LogP contribution in [-0.4, -0.2) is 98.1 Å². The van der Waals surface area contributed by atoms with E-state index < -0.39 is 61.1 Å². The minimum absolute atomic E-state index is 0.0789. The number of esters is 7. The number of carboxylic acid groups (broad SMARTS) is 1. The molecule has 0 aliphatic heterocycles. The van der Waals surface area contributed by atoms with Gasteiger partial charge in [-0.3, -0.25) is 33.6 Å². The fraction of sp³-hybridized carbons (Fsp3) is 0.837. The Morgan fingerprint density at radius 2 is 0.615 bits per heavy atom. The number of carboxylic acids is 1. The molecule has 1 N–H and O–H groups in total. The second-order valence-corrected chi connectivity index (χ2v) is 16.6. The lowest BCUT2D eigenvalue weighted by atomic mass is 9.94. The highest BCUT2D eigenvalue weighted by molar-refractivity contribution is 5.92. The van der Waals surface area contributed by atoms with Crippen LogP contribution >= 0.6 is 0 Å². The molecular formula is C49H84O16. The molecule has 16 heteroatoms. The van der Waals surface area contributed by atoms with E-state index in [0.29, 0.717) is 77.0 Å². The van der Waals surface area contributed by atoms with Crippen LogP contribution in [0.2, 0.25) is 0 Å². The first-order chi connectivity index (χ1) is 31.4. The molecule has 0 bridgehead atoms. The molecule has 0 fully saturated rings. The average molecular weight is 929 g/mol. The molecule has 0 aliphatic rings. The minimum atomic E-state index is -2.52. The van der Waals surface area contributed by atoms with E-state index in [9.17, 15) is 38.4 Å². The fourth-order valence-electron chi connectivity index (χ4n) is 6.57. The molecule has 0 saturated carbocycles. The van der Waals surface area contributed by atoms with Gasteiger partial charge in [0.25, 0.3) is 0 Å². The Morgan fingerprint density at radius 3 is 0.938 bits per heavy atom. The number of carbonyl (C=O) groups excluding carboxylic acids is 7. The number of ether oxygens (including phenoxy) is 7. The van der Waals surface area contributed by atoms with Gasteiger partial charge in [-0.2, -0.15) is 0 Å². The van der Waals surface area contributed by atoms with Crippen LogP contribution in [0.15, 0.2) is 0 Å². The van der Waals surface area contributed by atoms with Crippen LogP contribution in [0.1, 0.15) is 220 Å². The summed E-state index contributed by atoms with van der Waals surface area (Å²) in [6, 6.07) is 0. The third-order valence-corrected chi connectivity index (χ3v) is 10.5. The average Bonchev–Trinajstić information content (AvgIpc) is 3.26. The monoisotopic (exact) mass is 929 g/mol. The second kappa shape index (κ2) is 42.4. The SMILES string of the molecule is CCCCCCCC(=O)OCCCCCOC(=O)CC(CC(=O)OCCCCCOC(=O)CCCCCCC)(OC(=O)CCC(=O)O)C(=O)OCCCCCOC(=O)CCCCCCC. The molecular weight excluding hydrogens is 845 g/mol. The molecule has 0 amide bonds. The van der Waals surface area contributed by atoms with Gasteiger partial charge in [-0.1, -0.05) is 97.8 Å². The molecule has 0 rings (SSSR count). The van der Waals surface area contributed by atoms with Crippen molar-refractivity contribution in [3.63, 3.8) is 0 Å². The van der Waals surface area contributed by atoms with E-state index in [1.807, 2.05) is 0 Å². The van der Waals surface area contributed by atoms with Gasteiger partial charge in [0.15, 0.2) is 0 Å². The van der Waals surface area contributed by atoms with Crippen molar-refractivity contribution < 1.29 is 76.6 Å². The zero-order valence-electron chi connectivity index (χ0n) is 40.2. The van der Waals surface area contributed by atoms with Crippen molar-refractivity contribution in [2.24, 2.45) is 0 Å². The molecule has 376 valence electrons. The summed E-state index contributed by atoms with van der Waals surface area (Å²) >= 11 is 0. The van der Waals surface area contributed by atoms with Gasteiger partial charge in [-0.25, -0.2) is 4.79 Å². The van der Waals surface area contributed by atoms with Crippen molar-refractivity contribution in [3.8, 4) is 0 Å². The summed E-state index contributed by atoms with van der Waals surface area (Å²) in [6.45, 7) is 6.67. The summed E-state index contributed by atoms with van der Waals surface area (Å²) in [7, 11) is 0. The maximum atomic E-state index is 13.8. The predicted molar refractivity (Wildman–Crippen MR) is 242 cm³/mol. The normalized spacial score (nSPS) is 11.1. The standard InChI is InChI=1S/C49H84O16/c1-4-7-10-13-19-28-42(52)59-33-22-16-25-36-62-46(56)39-49(65-45(55)32-31-41(50)51,48(58)64-38-27-18-24-35-61-44(54)30-21-15-12-9-6-3)40-47(57)63-37-26-17-23-34-60-43(53)29-20-14-11-8-5-2/h4-40H2,1-3H3,(H,50,51). The Hall–Kier alpha value is -4.24. The minimum Gasteiger partial charge on any atom is -0.481 e. The van der Waals surface area contributed by atoms with Crippen LogP contribution in [0.4, 0.5) is 0 Å². The Kier molecular flexibility index (Phi) is 39.6. The molecule has 0 aromatic rings. The van der Waals surface area contributed by atoms with E-state index in [2.05, 4.69) is 20.8 Å². The number of hydrogen-bond acceptors (Lipinski definition) is 15. The molecule has 0 unspecified atom stereocenters. The Labute approximate surface area is 388 Å². The molecule has 0 radical (unpaired) electrons. The summed E-state index contributed by atoms with van der Waals surface area (Å²) < 4.78 is 37.6. The summed E-state index contributed by atoms with van der Waals surface area (Å²) in [6.07, 6.45) is 17.6. The van der Waals surface area contributed by atoms with E-state index in [1.165, 1.54) is 0 Å². The van der Waals surface area contributed by atoms with Gasteiger partial charge in [0.2, 0.25) is 5.60 Å². The number of carbonyl (C=O) groups is 8. The molecule has 65 heavy (non-hydrogen) atoms. The Balaban J connectivity index is 5.42. The molecule has 0 saturated heterocycles. The quantitative estimate of drug-likeness (QED) is 0.0341. The van der Waals surface area contributed by atoms with Crippen molar-refractivity contribution in [1.82, 2.24) is 0 Å². The van der Waals surface area contributed by atoms with Crippen LogP contribution in [0.3, 0.4) is 0 Å². The van der Waals surface area contributed by atoms with Crippen LogP contribution in [0.25, 0.3) is 0 Å². The lowest BCUT2D eigenvalue weighted by Gasteiger charge is -2.30. The second-order valence-electron chi connectivity index (χ2n) is 16.6. The fourth-order valence-corrected chi connectivity index (χ4v) is 6.57. The van der Waals surface area contributed by atoms with Gasteiger partial charge in [-0.05, 0) is 77.0 Å². The molecule has 0 atom stereocenters. The van der Waals surface area contributed by atoms with E-state index in [1.54, 1.807) is 0 Å². The number of rotatable bonds is 45. The van der Waals surface area contributed by atoms with E-state index in [-0.39, 0.29) is 57.5 Å². The van der Waals surface area contributed by atoms with Gasteiger partial charge >= 0.3 is 47.8 Å². The van der Waals surface area contributed by atoms with Crippen molar-refractivity contribution in [1.29, 1.82) is 0 Å². The summed E-state index contributed by atoms with van der Waals surface area (Å²) in [5.41, 5.74) is -2.52. The van der Waals surface area contributed by atoms with Crippen molar-refractivity contribution >= 4 is 47.8 Å². The maximum Gasteiger partial charge on any atom is 0.351 e. The first-order valence-corrected chi connectivity index (χ1v) is 24.8. The Bertz CT molecular complexity index is 1260. The highest BCUT2D eigenvalue weighted by Crippen LogP contribution is 2.27. The van der Waals surface area contributed by atoms with Crippen LogP contribution in [-0.2, 0) is 71.5 Å². The number of hydrogen-bond donors (Lipinski definition) is 1. The van der Waals surface area contributed by atoms with Gasteiger partial charge in [0, 0.05) is 19.3 Å². The van der Waals surface area contributed by atoms with Crippen molar-refractivity contribution in [2.75, 3.05) is 39.6 Å². The molecule has 0 aromatic carbocycles. The van der Waals surface area contributed by atoms with Crippen molar-refractivity contribution in [3.05, 3.63) is 0 Å². The van der Waals surface area contributed by atoms with E-state index >= 15 is 0 Å². The van der Waals surface area contributed by atoms with E-state index in [0.717, 1.165) is 96.3 Å². The summed E-state index contributed by atoms with van der Waals surface area (Å²) in [5.74, 6) is -6.38. The Morgan fingerprint density at radius 1 is 0.323 bits per heavy atom. The van der Waals surface area contributed by atoms with Crippen LogP contribution in [0, 0.1) is 0 Å². The predicted octanol–water partition coefficient (Wildman–Crippen LogP) is 9.76. The van der Waals surface area contributed by atoms with Gasteiger partial charge < -0.3 is 38.3 Å². The summed E-state index contributed by atoms with van der Waals surface area (Å²) in [4.78, 5) is 101. The third-order valence-electron chi connectivity index (χ3n) is 10.5. The molecule has 0 spiro atoms. The first-order valence-electron chi connectivity index (χ1n) is 24.8. The molecule has 0 heterocycles. The van der Waals surface area contributed by atoms with Gasteiger partial charge in [0.05, 0.1) is 65.3 Å². The molecule has 0 aromatic heterocycles. The zero-order chi connectivity index (χ0) is 48.2. The third kappa shape index (κ3) is 37.7. The lowest BCUT2D eigenvalue weighted by molar-refractivity contribution is -0.191. The lowest BCUT2D eigenvalue weighted by Crippen LogP contribution is -2.49. The smallest absolute Gasteiger partial charge is 0.351 e. The summed E-state index contributed by atoms with van der Waals surface area (Å²) in [5, 5.41) is 9.16. The van der Waals surface area contributed by atoms with Gasteiger partial charge in [-0.15, -0.1) is 0 Å². The zero-order valence-corrected chi connectivity index (χ0v) is 40.2. The first kappa shape index (κ1) is 60.8. The highest BCUT2D eigenvalue weighted by atomic mass is 16.6. The largest absolute Gasteiger partial charge is 0.481 e. The highest BCUT2D eigenvalue weighted by Gasteiger charge is 2.49. The number of unbranched alkanes of at least 4 members (excludes halogenated alkanes) is 18.